The van der Waals surface area contributed by atoms with Gasteiger partial charge in [0, 0.05) is 6.54 Å². The topological polar surface area (TPSA) is 75.3 Å². The molecule has 2 aromatic rings. The van der Waals surface area contributed by atoms with Crippen LogP contribution in [0.3, 0.4) is 0 Å². The highest BCUT2D eigenvalue weighted by Crippen LogP contribution is 2.12. The standard InChI is InChI=1S/C19H24N2O3S/c1-3-13-20-19(22)18(14-16-7-5-4-6-8-16)21-25(23,24)17-11-9-15(2)10-12-17/h4-12,18,21H,3,13-14H2,1-2H3,(H,20,22). The third-order valence-corrected chi connectivity index (χ3v) is 5.26. The zero-order valence-corrected chi connectivity index (χ0v) is 15.3. The fourth-order valence-electron chi connectivity index (χ4n) is 2.38. The first-order chi connectivity index (χ1) is 11.9. The summed E-state index contributed by atoms with van der Waals surface area (Å²) >= 11 is 0. The van der Waals surface area contributed by atoms with Gasteiger partial charge in [-0.25, -0.2) is 8.42 Å². The minimum absolute atomic E-state index is 0.152. The van der Waals surface area contributed by atoms with E-state index in [4.69, 9.17) is 0 Å². The largest absolute Gasteiger partial charge is 0.355 e. The normalized spacial score (nSPS) is 12.6. The number of carbonyl (C=O) groups is 1. The molecule has 0 saturated heterocycles. The van der Waals surface area contributed by atoms with E-state index < -0.39 is 16.1 Å². The molecule has 0 heterocycles. The molecule has 6 heteroatoms. The SMILES string of the molecule is CCCNC(=O)C(Cc1ccccc1)NS(=O)(=O)c1ccc(C)cc1. The Morgan fingerprint density at radius 2 is 1.68 bits per heavy atom. The van der Waals surface area contributed by atoms with Crippen molar-refractivity contribution in [1.29, 1.82) is 0 Å². The zero-order valence-electron chi connectivity index (χ0n) is 14.5. The van der Waals surface area contributed by atoms with Crippen LogP contribution in [0.25, 0.3) is 0 Å². The van der Waals surface area contributed by atoms with Gasteiger partial charge in [0.05, 0.1) is 4.90 Å². The number of hydrogen-bond donors (Lipinski definition) is 2. The molecule has 0 aromatic heterocycles. The van der Waals surface area contributed by atoms with E-state index in [2.05, 4.69) is 10.0 Å². The first kappa shape index (κ1) is 19.1. The summed E-state index contributed by atoms with van der Waals surface area (Å²) in [7, 11) is -3.78. The number of rotatable bonds is 8. The van der Waals surface area contributed by atoms with Crippen LogP contribution < -0.4 is 10.0 Å². The lowest BCUT2D eigenvalue weighted by Crippen LogP contribution is -2.48. The van der Waals surface area contributed by atoms with Gasteiger partial charge in [-0.15, -0.1) is 0 Å². The molecular formula is C19H24N2O3S. The lowest BCUT2D eigenvalue weighted by atomic mass is 10.1. The molecule has 5 nitrogen and oxygen atoms in total. The quantitative estimate of drug-likeness (QED) is 0.759. The molecule has 2 aromatic carbocycles. The predicted octanol–water partition coefficient (Wildman–Crippen LogP) is 2.41. The van der Waals surface area contributed by atoms with Crippen molar-refractivity contribution in [1.82, 2.24) is 10.0 Å². The Labute approximate surface area is 149 Å². The van der Waals surface area contributed by atoms with Crippen molar-refractivity contribution in [2.24, 2.45) is 0 Å². The van der Waals surface area contributed by atoms with Gasteiger partial charge < -0.3 is 5.32 Å². The van der Waals surface area contributed by atoms with Crippen molar-refractivity contribution in [2.75, 3.05) is 6.54 Å². The van der Waals surface area contributed by atoms with Crippen LogP contribution in [0.4, 0.5) is 0 Å². The highest BCUT2D eigenvalue weighted by atomic mass is 32.2. The van der Waals surface area contributed by atoms with Crippen molar-refractivity contribution in [2.45, 2.75) is 37.6 Å². The van der Waals surface area contributed by atoms with Crippen molar-refractivity contribution >= 4 is 15.9 Å². The fraction of sp³-hybridized carbons (Fsp3) is 0.316. The Balaban J connectivity index is 2.22. The molecule has 0 aliphatic heterocycles. The summed E-state index contributed by atoms with van der Waals surface area (Å²) in [5.41, 5.74) is 1.87. The minimum Gasteiger partial charge on any atom is -0.355 e. The average Bonchev–Trinajstić information content (AvgIpc) is 2.60. The van der Waals surface area contributed by atoms with Gasteiger partial charge in [0.25, 0.3) is 0 Å². The number of sulfonamides is 1. The van der Waals surface area contributed by atoms with E-state index in [-0.39, 0.29) is 10.8 Å². The number of hydrogen-bond acceptors (Lipinski definition) is 3. The molecule has 0 spiro atoms. The second-order valence-corrected chi connectivity index (χ2v) is 7.68. The van der Waals surface area contributed by atoms with Crippen molar-refractivity contribution in [3.63, 3.8) is 0 Å². The van der Waals surface area contributed by atoms with E-state index in [0.717, 1.165) is 17.5 Å². The summed E-state index contributed by atoms with van der Waals surface area (Å²) in [6.45, 7) is 4.35. The molecular weight excluding hydrogens is 336 g/mol. The molecule has 2 N–H and O–H groups in total. The summed E-state index contributed by atoms with van der Waals surface area (Å²) in [6.07, 6.45) is 1.08. The van der Waals surface area contributed by atoms with Crippen LogP contribution in [0.5, 0.6) is 0 Å². The van der Waals surface area contributed by atoms with Gasteiger partial charge in [0.2, 0.25) is 15.9 Å². The first-order valence-corrected chi connectivity index (χ1v) is 9.81. The summed E-state index contributed by atoms with van der Waals surface area (Å²) in [4.78, 5) is 12.6. The van der Waals surface area contributed by atoms with Gasteiger partial charge in [-0.1, -0.05) is 55.0 Å². The van der Waals surface area contributed by atoms with Crippen molar-refractivity contribution in [3.05, 3.63) is 65.7 Å². The molecule has 25 heavy (non-hydrogen) atoms. The smallest absolute Gasteiger partial charge is 0.241 e. The molecule has 0 saturated carbocycles. The molecule has 134 valence electrons. The maximum absolute atomic E-state index is 12.6. The van der Waals surface area contributed by atoms with Crippen LogP contribution in [0, 0.1) is 6.92 Å². The maximum Gasteiger partial charge on any atom is 0.241 e. The summed E-state index contributed by atoms with van der Waals surface area (Å²) in [5, 5.41) is 2.77. The van der Waals surface area contributed by atoms with Crippen molar-refractivity contribution < 1.29 is 13.2 Å². The third-order valence-electron chi connectivity index (χ3n) is 3.78. The molecule has 0 radical (unpaired) electrons. The van der Waals surface area contributed by atoms with Crippen LogP contribution in [-0.4, -0.2) is 26.9 Å². The van der Waals surface area contributed by atoms with E-state index in [9.17, 15) is 13.2 Å². The van der Waals surface area contributed by atoms with Crippen LogP contribution in [0.2, 0.25) is 0 Å². The van der Waals surface area contributed by atoms with E-state index in [0.29, 0.717) is 13.0 Å². The molecule has 0 bridgehead atoms. The highest BCUT2D eigenvalue weighted by Gasteiger charge is 2.25. The molecule has 1 atom stereocenters. The Morgan fingerprint density at radius 3 is 2.28 bits per heavy atom. The fourth-order valence-corrected chi connectivity index (χ4v) is 3.58. The maximum atomic E-state index is 12.6. The van der Waals surface area contributed by atoms with Gasteiger partial charge in [-0.05, 0) is 37.5 Å². The van der Waals surface area contributed by atoms with Gasteiger partial charge in [0.15, 0.2) is 0 Å². The van der Waals surface area contributed by atoms with Gasteiger partial charge in [-0.2, -0.15) is 4.72 Å². The van der Waals surface area contributed by atoms with Crippen LogP contribution in [0.1, 0.15) is 24.5 Å². The Hall–Kier alpha value is -2.18. The Kier molecular flexibility index (Phi) is 6.73. The van der Waals surface area contributed by atoms with E-state index in [1.807, 2.05) is 44.2 Å². The molecule has 0 aliphatic rings. The summed E-state index contributed by atoms with van der Waals surface area (Å²) < 4.78 is 27.8. The van der Waals surface area contributed by atoms with Crippen LogP contribution in [0.15, 0.2) is 59.5 Å². The lowest BCUT2D eigenvalue weighted by molar-refractivity contribution is -0.122. The number of nitrogens with one attached hydrogen (secondary N) is 2. The van der Waals surface area contributed by atoms with Crippen LogP contribution >= 0.6 is 0 Å². The zero-order chi connectivity index (χ0) is 18.3. The monoisotopic (exact) mass is 360 g/mol. The average molecular weight is 360 g/mol. The van der Waals surface area contributed by atoms with Crippen molar-refractivity contribution in [3.8, 4) is 0 Å². The number of carbonyl (C=O) groups excluding carboxylic acids is 1. The Morgan fingerprint density at radius 1 is 1.04 bits per heavy atom. The highest BCUT2D eigenvalue weighted by molar-refractivity contribution is 7.89. The summed E-state index contributed by atoms with van der Waals surface area (Å²) in [5.74, 6) is -0.318. The molecule has 2 rings (SSSR count). The predicted molar refractivity (Wildman–Crippen MR) is 98.7 cm³/mol. The van der Waals surface area contributed by atoms with Gasteiger partial charge in [0.1, 0.15) is 6.04 Å². The molecule has 0 fully saturated rings. The third kappa shape index (κ3) is 5.69. The lowest BCUT2D eigenvalue weighted by Gasteiger charge is -2.18. The minimum atomic E-state index is -3.78. The van der Waals surface area contributed by atoms with E-state index >= 15 is 0 Å². The molecule has 1 amide bonds. The van der Waals surface area contributed by atoms with E-state index in [1.165, 1.54) is 0 Å². The summed E-state index contributed by atoms with van der Waals surface area (Å²) in [6, 6.07) is 15.1. The second kappa shape index (κ2) is 8.78. The molecule has 0 aliphatic carbocycles. The Bertz CT molecular complexity index is 787. The van der Waals surface area contributed by atoms with Crippen LogP contribution in [-0.2, 0) is 21.2 Å². The second-order valence-electron chi connectivity index (χ2n) is 5.97. The molecule has 1 unspecified atom stereocenters. The van der Waals surface area contributed by atoms with Gasteiger partial charge >= 0.3 is 0 Å². The number of amides is 1. The first-order valence-electron chi connectivity index (χ1n) is 8.33. The number of benzene rings is 2. The van der Waals surface area contributed by atoms with E-state index in [1.54, 1.807) is 24.3 Å². The number of aryl methyl sites for hydroxylation is 1. The van der Waals surface area contributed by atoms with Gasteiger partial charge in [-0.3, -0.25) is 4.79 Å².